The molecule has 0 atom stereocenters. The lowest BCUT2D eigenvalue weighted by molar-refractivity contribution is 0.107. The molecule has 0 aliphatic rings. The molecule has 0 aliphatic heterocycles. The highest BCUT2D eigenvalue weighted by atomic mass is 35.5. The van der Waals surface area contributed by atoms with Crippen LogP contribution in [0.3, 0.4) is 0 Å². The molecule has 0 aliphatic carbocycles. The van der Waals surface area contributed by atoms with E-state index in [1.165, 1.54) is 6.07 Å². The van der Waals surface area contributed by atoms with Crippen molar-refractivity contribution in [2.24, 2.45) is 0 Å². The molecule has 0 unspecified atom stereocenters. The number of carbonyl (C=O) groups excluding carboxylic acids is 1. The fraction of sp³-hybridized carbons (Fsp3) is 0.278. The van der Waals surface area contributed by atoms with E-state index in [1.807, 2.05) is 25.1 Å². The van der Waals surface area contributed by atoms with Gasteiger partial charge >= 0.3 is 0 Å². The summed E-state index contributed by atoms with van der Waals surface area (Å²) in [5.74, 6) is 0.741. The molecule has 3 nitrogen and oxygen atoms in total. The van der Waals surface area contributed by atoms with Crippen molar-refractivity contribution >= 4 is 16.8 Å². The van der Waals surface area contributed by atoms with Crippen LogP contribution in [0.2, 0.25) is 0 Å². The SMILES string of the molecule is COc1ccc(CCc2c(C)ccc(C(=O)Cl)c2F)cc1OC. The predicted octanol–water partition coefficient (Wildman–Crippen LogP) is 4.32. The number of hydrogen-bond donors (Lipinski definition) is 0. The molecule has 0 N–H and O–H groups in total. The van der Waals surface area contributed by atoms with Gasteiger partial charge in [0.05, 0.1) is 19.8 Å². The summed E-state index contributed by atoms with van der Waals surface area (Å²) >= 11 is 5.41. The number of aryl methyl sites for hydroxylation is 2. The normalized spacial score (nSPS) is 10.5. The highest BCUT2D eigenvalue weighted by molar-refractivity contribution is 6.67. The average Bonchev–Trinajstić information content (AvgIpc) is 2.54. The molecule has 2 rings (SSSR count). The molecule has 122 valence electrons. The Hall–Kier alpha value is -2.07. The number of benzene rings is 2. The first-order valence-corrected chi connectivity index (χ1v) is 7.54. The Labute approximate surface area is 140 Å². The molecule has 0 saturated carbocycles. The van der Waals surface area contributed by atoms with Crippen LogP contribution >= 0.6 is 11.6 Å². The number of halogens is 2. The maximum absolute atomic E-state index is 14.4. The molecule has 0 fully saturated rings. The maximum Gasteiger partial charge on any atom is 0.255 e. The first-order chi connectivity index (χ1) is 11.0. The lowest BCUT2D eigenvalue weighted by Gasteiger charge is -2.12. The smallest absolute Gasteiger partial charge is 0.255 e. The Kier molecular flexibility index (Phi) is 5.61. The third kappa shape index (κ3) is 3.82. The van der Waals surface area contributed by atoms with E-state index in [9.17, 15) is 9.18 Å². The third-order valence-electron chi connectivity index (χ3n) is 3.80. The van der Waals surface area contributed by atoms with Gasteiger partial charge < -0.3 is 9.47 Å². The van der Waals surface area contributed by atoms with Crippen LogP contribution in [-0.4, -0.2) is 19.5 Å². The van der Waals surface area contributed by atoms with E-state index >= 15 is 0 Å². The van der Waals surface area contributed by atoms with Crippen LogP contribution in [0.1, 0.15) is 27.0 Å². The van der Waals surface area contributed by atoms with Crippen molar-refractivity contribution in [3.8, 4) is 11.5 Å². The van der Waals surface area contributed by atoms with Gasteiger partial charge in [0, 0.05) is 0 Å². The highest BCUT2D eigenvalue weighted by Gasteiger charge is 2.15. The number of hydrogen-bond acceptors (Lipinski definition) is 3. The molecule has 0 spiro atoms. The fourth-order valence-electron chi connectivity index (χ4n) is 2.48. The molecule has 0 radical (unpaired) electrons. The first-order valence-electron chi connectivity index (χ1n) is 7.16. The van der Waals surface area contributed by atoms with Crippen molar-refractivity contribution < 1.29 is 18.7 Å². The van der Waals surface area contributed by atoms with Gasteiger partial charge in [0.1, 0.15) is 5.82 Å². The Morgan fingerprint density at radius 2 is 1.78 bits per heavy atom. The largest absolute Gasteiger partial charge is 0.493 e. The summed E-state index contributed by atoms with van der Waals surface area (Å²) in [5, 5.41) is -0.783. The van der Waals surface area contributed by atoms with Crippen LogP contribution in [0.5, 0.6) is 11.5 Å². The predicted molar refractivity (Wildman–Crippen MR) is 88.3 cm³/mol. The second kappa shape index (κ2) is 7.47. The number of ether oxygens (including phenoxy) is 2. The lowest BCUT2D eigenvalue weighted by Crippen LogP contribution is -2.04. The van der Waals surface area contributed by atoms with Gasteiger partial charge in [-0.1, -0.05) is 12.1 Å². The van der Waals surface area contributed by atoms with Gasteiger partial charge in [0.25, 0.3) is 5.24 Å². The monoisotopic (exact) mass is 336 g/mol. The Morgan fingerprint density at radius 3 is 2.39 bits per heavy atom. The van der Waals surface area contributed by atoms with Crippen LogP contribution in [0.15, 0.2) is 30.3 Å². The van der Waals surface area contributed by atoms with Crippen molar-refractivity contribution in [3.63, 3.8) is 0 Å². The van der Waals surface area contributed by atoms with Crippen molar-refractivity contribution in [2.75, 3.05) is 14.2 Å². The zero-order valence-electron chi connectivity index (χ0n) is 13.3. The van der Waals surface area contributed by atoms with E-state index in [4.69, 9.17) is 21.1 Å². The number of carbonyl (C=O) groups is 1. The molecule has 2 aromatic rings. The van der Waals surface area contributed by atoms with Gasteiger partial charge in [0.2, 0.25) is 0 Å². The summed E-state index contributed by atoms with van der Waals surface area (Å²) in [5.41, 5.74) is 2.21. The van der Waals surface area contributed by atoms with Crippen molar-refractivity contribution in [1.82, 2.24) is 0 Å². The third-order valence-corrected chi connectivity index (χ3v) is 4.00. The van der Waals surface area contributed by atoms with Crippen LogP contribution in [0.4, 0.5) is 4.39 Å². The molecule has 2 aromatic carbocycles. The molecular formula is C18H18ClFO3. The van der Waals surface area contributed by atoms with Gasteiger partial charge in [-0.3, -0.25) is 4.79 Å². The Bertz CT molecular complexity index is 728. The quantitative estimate of drug-likeness (QED) is 0.737. The molecule has 23 heavy (non-hydrogen) atoms. The van der Waals surface area contributed by atoms with E-state index in [0.29, 0.717) is 29.9 Å². The lowest BCUT2D eigenvalue weighted by atomic mass is 9.97. The summed E-state index contributed by atoms with van der Waals surface area (Å²) in [6, 6.07) is 8.71. The molecule has 0 heterocycles. The zero-order chi connectivity index (χ0) is 17.0. The van der Waals surface area contributed by atoms with Crippen LogP contribution in [0.25, 0.3) is 0 Å². The molecule has 0 saturated heterocycles. The summed E-state index contributed by atoms with van der Waals surface area (Å²) in [4.78, 5) is 11.3. The van der Waals surface area contributed by atoms with E-state index in [-0.39, 0.29) is 5.56 Å². The van der Waals surface area contributed by atoms with E-state index in [0.717, 1.165) is 11.1 Å². The summed E-state index contributed by atoms with van der Waals surface area (Å²) < 4.78 is 24.9. The second-order valence-corrected chi connectivity index (χ2v) is 5.53. The topological polar surface area (TPSA) is 35.5 Å². The van der Waals surface area contributed by atoms with Crippen molar-refractivity contribution in [2.45, 2.75) is 19.8 Å². The summed E-state index contributed by atoms with van der Waals surface area (Å²) in [6.45, 7) is 1.81. The molecular weight excluding hydrogens is 319 g/mol. The minimum Gasteiger partial charge on any atom is -0.493 e. The Morgan fingerprint density at radius 1 is 1.09 bits per heavy atom. The molecule has 0 aromatic heterocycles. The van der Waals surface area contributed by atoms with Crippen molar-refractivity contribution in [3.05, 3.63) is 58.4 Å². The fourth-order valence-corrected chi connectivity index (χ4v) is 2.63. The minimum atomic E-state index is -0.783. The van der Waals surface area contributed by atoms with Gasteiger partial charge in [-0.15, -0.1) is 0 Å². The summed E-state index contributed by atoms with van der Waals surface area (Å²) in [7, 11) is 3.14. The number of rotatable bonds is 6. The highest BCUT2D eigenvalue weighted by Crippen LogP contribution is 2.28. The first kappa shape index (κ1) is 17.3. The van der Waals surface area contributed by atoms with E-state index < -0.39 is 11.1 Å². The zero-order valence-corrected chi connectivity index (χ0v) is 14.0. The van der Waals surface area contributed by atoms with Gasteiger partial charge in [0.15, 0.2) is 11.5 Å². The minimum absolute atomic E-state index is 0.0837. The number of methoxy groups -OCH3 is 2. The standard InChI is InChI=1S/C18H18ClFO3/c1-11-4-7-14(18(19)21)17(20)13(11)8-5-12-6-9-15(22-2)16(10-12)23-3/h4,6-7,9-10H,5,8H2,1-3H3. The maximum atomic E-state index is 14.4. The average molecular weight is 337 g/mol. The summed E-state index contributed by atoms with van der Waals surface area (Å²) in [6.07, 6.45) is 1.07. The van der Waals surface area contributed by atoms with Gasteiger partial charge in [-0.25, -0.2) is 4.39 Å². The van der Waals surface area contributed by atoms with Crippen LogP contribution in [0, 0.1) is 12.7 Å². The van der Waals surface area contributed by atoms with Crippen molar-refractivity contribution in [1.29, 1.82) is 0 Å². The molecule has 0 bridgehead atoms. The molecule has 0 amide bonds. The van der Waals surface area contributed by atoms with Crippen LogP contribution < -0.4 is 9.47 Å². The second-order valence-electron chi connectivity index (χ2n) is 5.19. The Balaban J connectivity index is 2.24. The van der Waals surface area contributed by atoms with Crippen LogP contribution in [-0.2, 0) is 12.8 Å². The molecule has 5 heteroatoms. The van der Waals surface area contributed by atoms with Gasteiger partial charge in [-0.2, -0.15) is 0 Å². The van der Waals surface area contributed by atoms with E-state index in [1.54, 1.807) is 20.3 Å². The van der Waals surface area contributed by atoms with E-state index in [2.05, 4.69) is 0 Å². The van der Waals surface area contributed by atoms with Gasteiger partial charge in [-0.05, 0) is 66.3 Å².